The fourth-order valence-electron chi connectivity index (χ4n) is 7.93. The van der Waals surface area contributed by atoms with E-state index < -0.39 is 29.2 Å². The van der Waals surface area contributed by atoms with Gasteiger partial charge in [-0.15, -0.1) is 0 Å². The van der Waals surface area contributed by atoms with Gasteiger partial charge in [0, 0.05) is 5.92 Å². The van der Waals surface area contributed by atoms with E-state index in [1.54, 1.807) is 0 Å². The lowest BCUT2D eigenvalue weighted by Crippen LogP contribution is -2.59. The van der Waals surface area contributed by atoms with Crippen LogP contribution in [-0.2, 0) is 9.59 Å². The Morgan fingerprint density at radius 1 is 1.00 bits per heavy atom. The predicted octanol–water partition coefficient (Wildman–Crippen LogP) is 1.30. The van der Waals surface area contributed by atoms with Crippen LogP contribution in [0.25, 0.3) is 0 Å². The number of hydrogen-bond acceptors (Lipinski definition) is 5. The Hall–Kier alpha value is -0.940. The van der Waals surface area contributed by atoms with E-state index >= 15 is 0 Å². The van der Waals surface area contributed by atoms with E-state index in [0.717, 1.165) is 38.5 Å². The third-order valence-electron chi connectivity index (χ3n) is 9.08. The summed E-state index contributed by atoms with van der Waals surface area (Å²) >= 11 is 0. The molecular weight excluding hydrogens is 332 g/mol. The van der Waals surface area contributed by atoms with Crippen LogP contribution in [0.1, 0.15) is 65.2 Å². The zero-order chi connectivity index (χ0) is 18.9. The lowest BCUT2D eigenvalue weighted by molar-refractivity contribution is -0.301. The summed E-state index contributed by atoms with van der Waals surface area (Å²) in [5, 5.41) is 32.5. The zero-order valence-corrected chi connectivity index (χ0v) is 15.8. The first kappa shape index (κ1) is 18.4. The van der Waals surface area contributed by atoms with Gasteiger partial charge >= 0.3 is 0 Å². The van der Waals surface area contributed by atoms with Crippen LogP contribution >= 0.6 is 0 Å². The van der Waals surface area contributed by atoms with E-state index in [-0.39, 0.29) is 17.4 Å². The van der Waals surface area contributed by atoms with Crippen LogP contribution < -0.4 is 5.11 Å². The van der Waals surface area contributed by atoms with Crippen LogP contribution in [0.15, 0.2) is 0 Å². The van der Waals surface area contributed by atoms with Crippen molar-refractivity contribution in [3.8, 4) is 0 Å². The number of aliphatic carboxylic acids is 1. The number of carbonyl (C=O) groups is 2. The third kappa shape index (κ3) is 2.42. The highest BCUT2D eigenvalue weighted by molar-refractivity contribution is 6.32. The molecule has 4 saturated carbocycles. The molecule has 5 heteroatoms. The van der Waals surface area contributed by atoms with Gasteiger partial charge in [-0.3, -0.25) is 4.79 Å². The highest BCUT2D eigenvalue weighted by Crippen LogP contribution is 2.67. The van der Waals surface area contributed by atoms with Crippen LogP contribution in [0.5, 0.6) is 0 Å². The molecule has 0 amide bonds. The van der Waals surface area contributed by atoms with Crippen LogP contribution in [0.2, 0.25) is 0 Å². The second-order valence-electron chi connectivity index (χ2n) is 10.1. The van der Waals surface area contributed by atoms with Crippen LogP contribution in [0, 0.1) is 40.4 Å². The lowest BCUT2D eigenvalue weighted by Gasteiger charge is -2.62. The molecule has 2 N–H and O–H groups in total. The fourth-order valence-corrected chi connectivity index (χ4v) is 7.93. The Bertz CT molecular complexity index is 618. The molecule has 0 radical (unpaired) electrons. The molecule has 9 atom stereocenters. The van der Waals surface area contributed by atoms with E-state index in [4.69, 9.17) is 0 Å². The first-order valence-corrected chi connectivity index (χ1v) is 10.3. The molecule has 26 heavy (non-hydrogen) atoms. The number of carbonyl (C=O) groups excluding carboxylic acids is 2. The molecule has 0 aromatic carbocycles. The van der Waals surface area contributed by atoms with Crippen molar-refractivity contribution in [2.75, 3.05) is 0 Å². The first-order chi connectivity index (χ1) is 12.2. The molecule has 0 bridgehead atoms. The Morgan fingerprint density at radius 3 is 2.42 bits per heavy atom. The summed E-state index contributed by atoms with van der Waals surface area (Å²) < 4.78 is 0. The predicted molar refractivity (Wildman–Crippen MR) is 92.6 cm³/mol. The van der Waals surface area contributed by atoms with Crippen molar-refractivity contribution in [2.45, 2.75) is 77.4 Å². The molecule has 0 aliphatic heterocycles. The molecule has 0 saturated heterocycles. The molecular formula is C21H31O5-. The smallest absolute Gasteiger partial charge is 0.181 e. The summed E-state index contributed by atoms with van der Waals surface area (Å²) in [4.78, 5) is 23.4. The minimum atomic E-state index is -1.58. The van der Waals surface area contributed by atoms with Crippen molar-refractivity contribution in [3.05, 3.63) is 0 Å². The average molecular weight is 363 g/mol. The Kier molecular flexibility index (Phi) is 4.27. The number of hydrogen-bond donors (Lipinski definition) is 2. The topological polar surface area (TPSA) is 97.7 Å². The summed E-state index contributed by atoms with van der Waals surface area (Å²) in [6.07, 6.45) is 5.92. The van der Waals surface area contributed by atoms with Gasteiger partial charge < -0.3 is 20.1 Å². The molecule has 3 unspecified atom stereocenters. The summed E-state index contributed by atoms with van der Waals surface area (Å²) in [6.45, 7) is 4.32. The second-order valence-corrected chi connectivity index (χ2v) is 10.1. The van der Waals surface area contributed by atoms with Gasteiger partial charge in [0.2, 0.25) is 0 Å². The molecule has 4 fully saturated rings. The number of Topliss-reactive ketones (excluding diaryl/α,β-unsaturated/α-hetero) is 1. The minimum Gasteiger partial charge on any atom is -0.542 e. The molecule has 0 heterocycles. The Balaban J connectivity index is 1.65. The van der Waals surface area contributed by atoms with Crippen LogP contribution in [-0.4, -0.2) is 34.2 Å². The van der Waals surface area contributed by atoms with E-state index in [9.17, 15) is 24.9 Å². The summed E-state index contributed by atoms with van der Waals surface area (Å²) in [5.74, 6) is -1.58. The van der Waals surface area contributed by atoms with Crippen molar-refractivity contribution in [1.29, 1.82) is 0 Å². The molecule has 5 nitrogen and oxygen atoms in total. The molecule has 146 valence electrons. The van der Waals surface area contributed by atoms with Crippen molar-refractivity contribution in [2.24, 2.45) is 40.4 Å². The summed E-state index contributed by atoms with van der Waals surface area (Å²) in [6, 6.07) is 0. The zero-order valence-electron chi connectivity index (χ0n) is 15.8. The quantitative estimate of drug-likeness (QED) is 0.721. The summed E-state index contributed by atoms with van der Waals surface area (Å²) in [5.41, 5.74) is -0.394. The number of carboxylic acid groups (broad SMARTS) is 1. The standard InChI is InChI=1S/C21H32O5/c1-20-8-7-12(22)9-11(20)3-4-13-14-5-6-15(18(24)19(25)26)21(14,2)10-16(23)17(13)20/h11-17,22-23H,3-10H2,1-2H3,(H,25,26)/p-1/t11-,12-,13?,14?,15-,16+,17?,20+,21+/m1/s1. The number of aliphatic hydroxyl groups excluding tert-OH is 2. The Morgan fingerprint density at radius 2 is 1.73 bits per heavy atom. The largest absolute Gasteiger partial charge is 0.542 e. The van der Waals surface area contributed by atoms with Crippen molar-refractivity contribution in [1.82, 2.24) is 0 Å². The SMILES string of the molecule is C[C@]12C[C@H](O)C3C(CC[C@@H]4C[C@H](O)CC[C@]34C)C1CC[C@@H]2C(=O)C(=O)[O-]. The maximum absolute atomic E-state index is 12.2. The van der Waals surface area contributed by atoms with Crippen molar-refractivity contribution in [3.63, 3.8) is 0 Å². The molecule has 4 rings (SSSR count). The summed E-state index contributed by atoms with van der Waals surface area (Å²) in [7, 11) is 0. The highest BCUT2D eigenvalue weighted by atomic mass is 16.4. The average Bonchev–Trinajstić information content (AvgIpc) is 2.90. The Labute approximate surface area is 155 Å². The van der Waals surface area contributed by atoms with E-state index in [2.05, 4.69) is 6.92 Å². The fraction of sp³-hybridized carbons (Fsp3) is 0.905. The number of rotatable bonds is 2. The van der Waals surface area contributed by atoms with E-state index in [0.29, 0.717) is 30.6 Å². The molecule has 0 aromatic heterocycles. The maximum atomic E-state index is 12.2. The number of ketones is 1. The van der Waals surface area contributed by atoms with Gasteiger partial charge in [0.05, 0.1) is 12.2 Å². The van der Waals surface area contributed by atoms with Gasteiger partial charge in [0.25, 0.3) is 0 Å². The molecule has 0 aromatic rings. The van der Waals surface area contributed by atoms with Crippen molar-refractivity contribution < 1.29 is 24.9 Å². The van der Waals surface area contributed by atoms with Gasteiger partial charge in [-0.2, -0.15) is 0 Å². The van der Waals surface area contributed by atoms with E-state index in [1.807, 2.05) is 6.92 Å². The lowest BCUT2D eigenvalue weighted by atomic mass is 9.44. The number of carboxylic acids is 1. The van der Waals surface area contributed by atoms with Gasteiger partial charge in [-0.05, 0) is 85.9 Å². The van der Waals surface area contributed by atoms with Gasteiger partial charge in [0.1, 0.15) is 5.97 Å². The normalized spacial score (nSPS) is 53.3. The number of aliphatic hydroxyl groups is 2. The maximum Gasteiger partial charge on any atom is 0.181 e. The minimum absolute atomic E-state index is 0.0410. The molecule has 0 spiro atoms. The van der Waals surface area contributed by atoms with Gasteiger partial charge in [-0.1, -0.05) is 13.8 Å². The van der Waals surface area contributed by atoms with Crippen LogP contribution in [0.3, 0.4) is 0 Å². The first-order valence-electron chi connectivity index (χ1n) is 10.3. The second kappa shape index (κ2) is 6.03. The monoisotopic (exact) mass is 363 g/mol. The molecule has 4 aliphatic carbocycles. The van der Waals surface area contributed by atoms with Gasteiger partial charge in [0.15, 0.2) is 5.78 Å². The van der Waals surface area contributed by atoms with Gasteiger partial charge in [-0.25, -0.2) is 0 Å². The van der Waals surface area contributed by atoms with E-state index in [1.165, 1.54) is 0 Å². The van der Waals surface area contributed by atoms with Crippen LogP contribution in [0.4, 0.5) is 0 Å². The number of fused-ring (bicyclic) bond motifs is 5. The van der Waals surface area contributed by atoms with Crippen molar-refractivity contribution >= 4 is 11.8 Å². The third-order valence-corrected chi connectivity index (χ3v) is 9.08. The molecule has 4 aliphatic rings. The highest BCUT2D eigenvalue weighted by Gasteiger charge is 2.63.